The first kappa shape index (κ1) is 21.1. The van der Waals surface area contributed by atoms with Crippen LogP contribution < -0.4 is 10.6 Å². The molecule has 7 heteroatoms. The zero-order valence-electron chi connectivity index (χ0n) is 16.6. The molecule has 0 radical (unpaired) electrons. The summed E-state index contributed by atoms with van der Waals surface area (Å²) in [6.45, 7) is 6.10. The molecule has 2 N–H and O–H groups in total. The largest absolute Gasteiger partial charge is 0.325 e. The minimum absolute atomic E-state index is 0.127. The lowest BCUT2D eigenvalue weighted by Gasteiger charge is -2.06. The van der Waals surface area contributed by atoms with Crippen LogP contribution in [0.5, 0.6) is 0 Å². The van der Waals surface area contributed by atoms with Gasteiger partial charge in [0.15, 0.2) is 5.13 Å². The molecule has 0 aliphatic rings. The van der Waals surface area contributed by atoms with Gasteiger partial charge in [0.2, 0.25) is 11.8 Å². The fraction of sp³-hybridized carbons (Fsp3) is 0.227. The molecular formula is C22H23N3O2S2. The average molecular weight is 426 g/mol. The van der Waals surface area contributed by atoms with Gasteiger partial charge in [0.05, 0.1) is 17.2 Å². The quantitative estimate of drug-likeness (QED) is 0.556. The maximum Gasteiger partial charge on any atom is 0.236 e. The molecule has 1 heterocycles. The standard InChI is InChI=1S/C22H23N3O2S2/c1-14-4-7-17(8-5-14)23-20(26)12-28-13-21(27)25-22-24-19(11-29-22)18-9-6-15(2)10-16(18)3/h4-11H,12-13H2,1-3H3,(H,23,26)(H,24,25,27). The topological polar surface area (TPSA) is 71.1 Å². The Kier molecular flexibility index (Phi) is 7.06. The molecule has 2 aromatic carbocycles. The number of amides is 2. The summed E-state index contributed by atoms with van der Waals surface area (Å²) in [7, 11) is 0. The molecular weight excluding hydrogens is 402 g/mol. The third-order valence-electron chi connectivity index (χ3n) is 4.21. The fourth-order valence-corrected chi connectivity index (χ4v) is 4.13. The number of nitrogens with zero attached hydrogens (tertiary/aromatic N) is 1. The first-order chi connectivity index (χ1) is 13.9. The average Bonchev–Trinajstić information content (AvgIpc) is 3.11. The van der Waals surface area contributed by atoms with Crippen LogP contribution in [0.1, 0.15) is 16.7 Å². The molecule has 3 aromatic rings. The number of nitrogens with one attached hydrogen (secondary N) is 2. The van der Waals surface area contributed by atoms with Crippen molar-refractivity contribution in [3.63, 3.8) is 0 Å². The van der Waals surface area contributed by atoms with Crippen LogP contribution in [0.15, 0.2) is 47.8 Å². The van der Waals surface area contributed by atoms with E-state index in [1.165, 1.54) is 28.7 Å². The van der Waals surface area contributed by atoms with Crippen LogP contribution in [0, 0.1) is 20.8 Å². The highest BCUT2D eigenvalue weighted by Crippen LogP contribution is 2.28. The molecule has 5 nitrogen and oxygen atoms in total. The Morgan fingerprint density at radius 2 is 1.59 bits per heavy atom. The van der Waals surface area contributed by atoms with Crippen LogP contribution in [0.4, 0.5) is 10.8 Å². The number of aryl methyl sites for hydroxylation is 3. The Bertz CT molecular complexity index is 1010. The number of aromatic nitrogens is 1. The van der Waals surface area contributed by atoms with Crippen molar-refractivity contribution in [1.29, 1.82) is 0 Å². The van der Waals surface area contributed by atoms with Gasteiger partial charge in [0.25, 0.3) is 0 Å². The minimum Gasteiger partial charge on any atom is -0.325 e. The highest BCUT2D eigenvalue weighted by atomic mass is 32.2. The molecule has 0 aliphatic heterocycles. The number of rotatable bonds is 7. The van der Waals surface area contributed by atoms with Crippen molar-refractivity contribution in [3.8, 4) is 11.3 Å². The fourth-order valence-electron chi connectivity index (χ4n) is 2.78. The highest BCUT2D eigenvalue weighted by Gasteiger charge is 2.11. The number of hydrogen-bond acceptors (Lipinski definition) is 5. The van der Waals surface area contributed by atoms with E-state index in [-0.39, 0.29) is 23.3 Å². The van der Waals surface area contributed by atoms with Gasteiger partial charge in [-0.1, -0.05) is 41.5 Å². The number of hydrogen-bond donors (Lipinski definition) is 2. The summed E-state index contributed by atoms with van der Waals surface area (Å²) >= 11 is 2.67. The SMILES string of the molecule is Cc1ccc(NC(=O)CSCC(=O)Nc2nc(-c3ccc(C)cc3C)cs2)cc1. The molecule has 150 valence electrons. The van der Waals surface area contributed by atoms with E-state index >= 15 is 0 Å². The summed E-state index contributed by atoms with van der Waals surface area (Å²) in [6.07, 6.45) is 0. The number of thiazole rings is 1. The molecule has 3 rings (SSSR count). The van der Waals surface area contributed by atoms with E-state index in [4.69, 9.17) is 0 Å². The maximum absolute atomic E-state index is 12.2. The van der Waals surface area contributed by atoms with Gasteiger partial charge in [-0.2, -0.15) is 0 Å². The van der Waals surface area contributed by atoms with Gasteiger partial charge in [-0.25, -0.2) is 4.98 Å². The second kappa shape index (κ2) is 9.71. The van der Waals surface area contributed by atoms with Crippen molar-refractivity contribution in [1.82, 2.24) is 4.98 Å². The Hall–Kier alpha value is -2.64. The summed E-state index contributed by atoms with van der Waals surface area (Å²) in [6, 6.07) is 13.8. The van der Waals surface area contributed by atoms with Gasteiger partial charge in [0, 0.05) is 16.6 Å². The number of carbonyl (C=O) groups is 2. The van der Waals surface area contributed by atoms with Crippen LogP contribution in [0.3, 0.4) is 0 Å². The van der Waals surface area contributed by atoms with Crippen LogP contribution in [-0.4, -0.2) is 28.3 Å². The Labute approximate surface area is 179 Å². The second-order valence-corrected chi connectivity index (χ2v) is 8.66. The van der Waals surface area contributed by atoms with Crippen molar-refractivity contribution < 1.29 is 9.59 Å². The number of benzene rings is 2. The molecule has 0 bridgehead atoms. The molecule has 29 heavy (non-hydrogen) atoms. The van der Waals surface area contributed by atoms with Gasteiger partial charge in [0.1, 0.15) is 0 Å². The van der Waals surface area contributed by atoms with E-state index in [1.54, 1.807) is 0 Å². The van der Waals surface area contributed by atoms with E-state index in [0.29, 0.717) is 5.13 Å². The number of carbonyl (C=O) groups excluding carboxylic acids is 2. The second-order valence-electron chi connectivity index (χ2n) is 6.81. The Balaban J connectivity index is 1.45. The van der Waals surface area contributed by atoms with Crippen molar-refractivity contribution in [2.45, 2.75) is 20.8 Å². The lowest BCUT2D eigenvalue weighted by atomic mass is 10.0. The molecule has 0 saturated carbocycles. The van der Waals surface area contributed by atoms with Crippen molar-refractivity contribution >= 4 is 45.7 Å². The Morgan fingerprint density at radius 1 is 0.931 bits per heavy atom. The zero-order chi connectivity index (χ0) is 20.8. The van der Waals surface area contributed by atoms with Gasteiger partial charge in [-0.15, -0.1) is 23.1 Å². The predicted octanol–water partition coefficient (Wildman–Crippen LogP) is 5.05. The summed E-state index contributed by atoms with van der Waals surface area (Å²) in [5.41, 5.74) is 6.17. The first-order valence-corrected chi connectivity index (χ1v) is 11.2. The number of thioether (sulfide) groups is 1. The molecule has 1 aromatic heterocycles. The monoisotopic (exact) mass is 425 g/mol. The van der Waals surface area contributed by atoms with Gasteiger partial charge in [-0.3, -0.25) is 9.59 Å². The van der Waals surface area contributed by atoms with E-state index < -0.39 is 0 Å². The smallest absolute Gasteiger partial charge is 0.236 e. The normalized spacial score (nSPS) is 10.6. The van der Waals surface area contributed by atoms with Crippen molar-refractivity contribution in [3.05, 3.63) is 64.5 Å². The first-order valence-electron chi connectivity index (χ1n) is 9.18. The van der Waals surface area contributed by atoms with E-state index in [1.807, 2.05) is 42.6 Å². The summed E-state index contributed by atoms with van der Waals surface area (Å²) in [4.78, 5) is 28.6. The van der Waals surface area contributed by atoms with E-state index in [0.717, 1.165) is 28.1 Å². The lowest BCUT2D eigenvalue weighted by molar-refractivity contribution is -0.114. The molecule has 0 atom stereocenters. The third kappa shape index (κ3) is 6.17. The minimum atomic E-state index is -0.167. The van der Waals surface area contributed by atoms with Crippen LogP contribution >= 0.6 is 23.1 Å². The molecule has 0 spiro atoms. The number of anilines is 2. The van der Waals surface area contributed by atoms with E-state index in [9.17, 15) is 9.59 Å². The molecule has 2 amide bonds. The van der Waals surface area contributed by atoms with Gasteiger partial charge in [-0.05, 0) is 38.5 Å². The third-order valence-corrected chi connectivity index (χ3v) is 5.90. The summed E-state index contributed by atoms with van der Waals surface area (Å²) < 4.78 is 0. The van der Waals surface area contributed by atoms with Gasteiger partial charge < -0.3 is 10.6 Å². The highest BCUT2D eigenvalue weighted by molar-refractivity contribution is 8.00. The van der Waals surface area contributed by atoms with Gasteiger partial charge >= 0.3 is 0 Å². The predicted molar refractivity (Wildman–Crippen MR) is 123 cm³/mol. The Morgan fingerprint density at radius 3 is 2.28 bits per heavy atom. The lowest BCUT2D eigenvalue weighted by Crippen LogP contribution is -2.18. The summed E-state index contributed by atoms with van der Waals surface area (Å²) in [5, 5.41) is 8.13. The van der Waals surface area contributed by atoms with Crippen LogP contribution in [-0.2, 0) is 9.59 Å². The summed E-state index contributed by atoms with van der Waals surface area (Å²) in [5.74, 6) is 0.116. The maximum atomic E-state index is 12.2. The zero-order valence-corrected chi connectivity index (χ0v) is 18.2. The van der Waals surface area contributed by atoms with E-state index in [2.05, 4.69) is 41.6 Å². The van der Waals surface area contributed by atoms with Crippen molar-refractivity contribution in [2.24, 2.45) is 0 Å². The van der Waals surface area contributed by atoms with Crippen molar-refractivity contribution in [2.75, 3.05) is 22.1 Å². The van der Waals surface area contributed by atoms with Crippen LogP contribution in [0.2, 0.25) is 0 Å². The molecule has 0 saturated heterocycles. The molecule has 0 unspecified atom stereocenters. The molecule has 0 fully saturated rings. The molecule has 0 aliphatic carbocycles. The van der Waals surface area contributed by atoms with Crippen LogP contribution in [0.25, 0.3) is 11.3 Å².